The van der Waals surface area contributed by atoms with Crippen LogP contribution >= 0.6 is 0 Å². The van der Waals surface area contributed by atoms with E-state index in [9.17, 15) is 5.11 Å². The quantitative estimate of drug-likeness (QED) is 0.707. The second-order valence-electron chi connectivity index (χ2n) is 5.37. The van der Waals surface area contributed by atoms with Gasteiger partial charge in [-0.1, -0.05) is 20.8 Å². The Kier molecular flexibility index (Phi) is 5.54. The van der Waals surface area contributed by atoms with E-state index in [4.69, 9.17) is 0 Å². The molecule has 0 aliphatic carbocycles. The van der Waals surface area contributed by atoms with Crippen molar-refractivity contribution in [1.29, 1.82) is 0 Å². The topological polar surface area (TPSA) is 70.1 Å². The molecule has 1 aromatic rings. The number of aliphatic hydroxyl groups excluding tert-OH is 1. The molecule has 0 saturated carbocycles. The number of hydrogen-bond donors (Lipinski definition) is 3. The third-order valence-corrected chi connectivity index (χ3v) is 3.35. The molecule has 0 bridgehead atoms. The first-order valence-corrected chi connectivity index (χ1v) is 6.95. The standard InChI is InChI=1S/C14H26N4O/c1-6-14(5,8-19)18-13-11(10(3)4)12(15-7-2)16-9-17-13/h9-10,19H,6-8H2,1-5H3,(H2,15,16,17,18). The lowest BCUT2D eigenvalue weighted by Crippen LogP contribution is -2.38. The van der Waals surface area contributed by atoms with E-state index in [1.165, 1.54) is 0 Å². The van der Waals surface area contributed by atoms with Crippen molar-refractivity contribution >= 4 is 11.6 Å². The number of nitrogens with zero attached hydrogens (tertiary/aromatic N) is 2. The second-order valence-corrected chi connectivity index (χ2v) is 5.37. The summed E-state index contributed by atoms with van der Waals surface area (Å²) in [5.74, 6) is 1.98. The summed E-state index contributed by atoms with van der Waals surface area (Å²) < 4.78 is 0. The van der Waals surface area contributed by atoms with Crippen LogP contribution in [0.2, 0.25) is 0 Å². The molecule has 0 fully saturated rings. The number of anilines is 2. The molecule has 0 aromatic carbocycles. The SMILES string of the molecule is CCNc1ncnc(NC(C)(CC)CO)c1C(C)C. The third kappa shape index (κ3) is 3.80. The van der Waals surface area contributed by atoms with Gasteiger partial charge >= 0.3 is 0 Å². The maximum absolute atomic E-state index is 9.53. The van der Waals surface area contributed by atoms with Crippen LogP contribution in [-0.2, 0) is 0 Å². The van der Waals surface area contributed by atoms with E-state index in [1.807, 2.05) is 20.8 Å². The van der Waals surface area contributed by atoms with E-state index < -0.39 is 0 Å². The fourth-order valence-electron chi connectivity index (χ4n) is 1.88. The zero-order valence-corrected chi connectivity index (χ0v) is 12.6. The Morgan fingerprint density at radius 3 is 2.37 bits per heavy atom. The Balaban J connectivity index is 3.16. The Hall–Kier alpha value is -1.36. The maximum atomic E-state index is 9.53. The van der Waals surface area contributed by atoms with Crippen molar-refractivity contribution in [3.8, 4) is 0 Å². The van der Waals surface area contributed by atoms with Crippen molar-refractivity contribution in [3.05, 3.63) is 11.9 Å². The van der Waals surface area contributed by atoms with Gasteiger partial charge in [0, 0.05) is 12.1 Å². The highest BCUT2D eigenvalue weighted by molar-refractivity contribution is 5.59. The Morgan fingerprint density at radius 1 is 1.26 bits per heavy atom. The van der Waals surface area contributed by atoms with Crippen LogP contribution in [0.5, 0.6) is 0 Å². The van der Waals surface area contributed by atoms with Gasteiger partial charge in [0.15, 0.2) is 0 Å². The summed E-state index contributed by atoms with van der Waals surface area (Å²) in [6.07, 6.45) is 2.38. The molecule has 0 amide bonds. The van der Waals surface area contributed by atoms with Gasteiger partial charge in [-0.2, -0.15) is 0 Å². The molecular formula is C14H26N4O. The maximum Gasteiger partial charge on any atom is 0.135 e. The zero-order chi connectivity index (χ0) is 14.5. The number of nitrogens with one attached hydrogen (secondary N) is 2. The predicted molar refractivity (Wildman–Crippen MR) is 79.7 cm³/mol. The van der Waals surface area contributed by atoms with Gasteiger partial charge in [0.05, 0.1) is 12.1 Å². The molecule has 5 nitrogen and oxygen atoms in total. The van der Waals surface area contributed by atoms with Gasteiger partial charge in [-0.15, -0.1) is 0 Å². The van der Waals surface area contributed by atoms with Crippen LogP contribution in [-0.4, -0.2) is 33.8 Å². The minimum atomic E-state index is -0.360. The molecule has 1 rings (SSSR count). The first-order valence-electron chi connectivity index (χ1n) is 6.95. The Labute approximate surface area is 115 Å². The highest BCUT2D eigenvalue weighted by Gasteiger charge is 2.24. The summed E-state index contributed by atoms with van der Waals surface area (Å²) in [7, 11) is 0. The first kappa shape index (κ1) is 15.7. The van der Waals surface area contributed by atoms with E-state index in [2.05, 4.69) is 34.4 Å². The van der Waals surface area contributed by atoms with Gasteiger partial charge in [0.25, 0.3) is 0 Å². The molecule has 1 unspecified atom stereocenters. The average molecular weight is 266 g/mol. The fraction of sp³-hybridized carbons (Fsp3) is 0.714. The van der Waals surface area contributed by atoms with Crippen LogP contribution in [0, 0.1) is 0 Å². The molecule has 5 heteroatoms. The number of rotatable bonds is 7. The molecule has 1 aromatic heterocycles. The highest BCUT2D eigenvalue weighted by Crippen LogP contribution is 2.30. The van der Waals surface area contributed by atoms with Crippen molar-refractivity contribution in [2.24, 2.45) is 0 Å². The van der Waals surface area contributed by atoms with Crippen LogP contribution in [0.1, 0.15) is 52.5 Å². The molecule has 108 valence electrons. The number of hydrogen-bond acceptors (Lipinski definition) is 5. The van der Waals surface area contributed by atoms with Crippen LogP contribution in [0.25, 0.3) is 0 Å². The van der Waals surface area contributed by atoms with Crippen LogP contribution in [0.4, 0.5) is 11.6 Å². The molecule has 0 radical (unpaired) electrons. The first-order chi connectivity index (χ1) is 8.97. The minimum absolute atomic E-state index is 0.0710. The van der Waals surface area contributed by atoms with Gasteiger partial charge in [-0.25, -0.2) is 9.97 Å². The molecular weight excluding hydrogens is 240 g/mol. The number of aliphatic hydroxyl groups is 1. The van der Waals surface area contributed by atoms with Crippen molar-refractivity contribution < 1.29 is 5.11 Å². The normalized spacial score (nSPS) is 14.3. The third-order valence-electron chi connectivity index (χ3n) is 3.35. The van der Waals surface area contributed by atoms with Gasteiger partial charge in [-0.05, 0) is 26.2 Å². The van der Waals surface area contributed by atoms with E-state index in [1.54, 1.807) is 6.33 Å². The summed E-state index contributed by atoms with van der Waals surface area (Å²) in [5, 5.41) is 16.2. The highest BCUT2D eigenvalue weighted by atomic mass is 16.3. The number of aromatic nitrogens is 2. The zero-order valence-electron chi connectivity index (χ0n) is 12.6. The monoisotopic (exact) mass is 266 g/mol. The van der Waals surface area contributed by atoms with Crippen molar-refractivity contribution in [2.75, 3.05) is 23.8 Å². The lowest BCUT2D eigenvalue weighted by molar-refractivity contribution is 0.218. The van der Waals surface area contributed by atoms with Crippen molar-refractivity contribution in [3.63, 3.8) is 0 Å². The van der Waals surface area contributed by atoms with E-state index >= 15 is 0 Å². The van der Waals surface area contributed by atoms with Crippen LogP contribution in [0.3, 0.4) is 0 Å². The second kappa shape index (κ2) is 6.70. The average Bonchev–Trinajstić information content (AvgIpc) is 2.39. The van der Waals surface area contributed by atoms with Gasteiger partial charge < -0.3 is 15.7 Å². The largest absolute Gasteiger partial charge is 0.394 e. The van der Waals surface area contributed by atoms with Crippen LogP contribution in [0.15, 0.2) is 6.33 Å². The molecule has 0 saturated heterocycles. The lowest BCUT2D eigenvalue weighted by atomic mass is 9.98. The lowest BCUT2D eigenvalue weighted by Gasteiger charge is -2.30. The Morgan fingerprint density at radius 2 is 1.89 bits per heavy atom. The summed E-state index contributed by atoms with van der Waals surface area (Å²) in [6.45, 7) is 11.2. The van der Waals surface area contributed by atoms with Gasteiger partial charge in [-0.3, -0.25) is 0 Å². The predicted octanol–water partition coefficient (Wildman–Crippen LogP) is 2.60. The summed E-state index contributed by atoms with van der Waals surface area (Å²) in [6, 6.07) is 0. The summed E-state index contributed by atoms with van der Waals surface area (Å²) >= 11 is 0. The van der Waals surface area contributed by atoms with Crippen molar-refractivity contribution in [2.45, 2.75) is 52.5 Å². The smallest absolute Gasteiger partial charge is 0.135 e. The van der Waals surface area contributed by atoms with Gasteiger partial charge in [0.1, 0.15) is 18.0 Å². The van der Waals surface area contributed by atoms with Gasteiger partial charge in [0.2, 0.25) is 0 Å². The molecule has 0 spiro atoms. The van der Waals surface area contributed by atoms with E-state index in [-0.39, 0.29) is 12.1 Å². The van der Waals surface area contributed by atoms with Crippen molar-refractivity contribution in [1.82, 2.24) is 9.97 Å². The van der Waals surface area contributed by atoms with E-state index in [0.29, 0.717) is 5.92 Å². The molecule has 19 heavy (non-hydrogen) atoms. The minimum Gasteiger partial charge on any atom is -0.394 e. The summed E-state index contributed by atoms with van der Waals surface area (Å²) in [5.41, 5.74) is 0.707. The molecule has 0 aliphatic heterocycles. The van der Waals surface area contributed by atoms with Crippen LogP contribution < -0.4 is 10.6 Å². The molecule has 0 aliphatic rings. The Bertz CT molecular complexity index is 402. The van der Waals surface area contributed by atoms with E-state index in [0.717, 1.165) is 30.2 Å². The summed E-state index contributed by atoms with van der Waals surface area (Å²) in [4.78, 5) is 8.66. The molecule has 3 N–H and O–H groups in total. The molecule has 1 heterocycles. The fourth-order valence-corrected chi connectivity index (χ4v) is 1.88. The molecule has 1 atom stereocenters.